The Balaban J connectivity index is 2.29. The highest BCUT2D eigenvalue weighted by molar-refractivity contribution is 5.84. The highest BCUT2D eigenvalue weighted by Crippen LogP contribution is 2.29. The first-order chi connectivity index (χ1) is 8.96. The van der Waals surface area contributed by atoms with Crippen LogP contribution in [0.2, 0.25) is 0 Å². The zero-order valence-electron chi connectivity index (χ0n) is 12.3. The number of hydrogen-bond acceptors (Lipinski definition) is 3. The standard InChI is InChI=1S/C16H23NO2/c1-16(2,15(18)19-4)17(3)14-10-9-12-7-5-6-8-13(12)11-14/h9-11H,5-8H2,1-4H3. The Kier molecular flexibility index (Phi) is 3.83. The molecular weight excluding hydrogens is 238 g/mol. The first-order valence-electron chi connectivity index (χ1n) is 6.91. The monoisotopic (exact) mass is 261 g/mol. The fourth-order valence-electron chi connectivity index (χ4n) is 2.64. The van der Waals surface area contributed by atoms with E-state index in [9.17, 15) is 4.79 Å². The van der Waals surface area contributed by atoms with Gasteiger partial charge < -0.3 is 9.64 Å². The Labute approximate surface area is 115 Å². The van der Waals surface area contributed by atoms with Crippen molar-refractivity contribution in [1.82, 2.24) is 0 Å². The summed E-state index contributed by atoms with van der Waals surface area (Å²) in [7, 11) is 3.38. The number of carbonyl (C=O) groups excluding carboxylic acids is 1. The lowest BCUT2D eigenvalue weighted by atomic mass is 9.91. The second-order valence-electron chi connectivity index (χ2n) is 5.77. The lowest BCUT2D eigenvalue weighted by molar-refractivity contribution is -0.145. The zero-order valence-corrected chi connectivity index (χ0v) is 12.3. The van der Waals surface area contributed by atoms with Gasteiger partial charge >= 0.3 is 5.97 Å². The molecule has 0 saturated heterocycles. The molecule has 0 radical (unpaired) electrons. The van der Waals surface area contributed by atoms with Gasteiger partial charge in [0.25, 0.3) is 0 Å². The van der Waals surface area contributed by atoms with Gasteiger partial charge in [0.1, 0.15) is 5.54 Å². The van der Waals surface area contributed by atoms with Gasteiger partial charge in [-0.15, -0.1) is 0 Å². The van der Waals surface area contributed by atoms with Crippen molar-refractivity contribution in [3.05, 3.63) is 29.3 Å². The predicted octanol–water partition coefficient (Wildman–Crippen LogP) is 2.95. The maximum absolute atomic E-state index is 11.9. The summed E-state index contributed by atoms with van der Waals surface area (Å²) in [4.78, 5) is 13.9. The van der Waals surface area contributed by atoms with Gasteiger partial charge in [-0.2, -0.15) is 0 Å². The molecule has 1 aliphatic rings. The lowest BCUT2D eigenvalue weighted by Crippen LogP contribution is -2.48. The summed E-state index contributed by atoms with van der Waals surface area (Å²) in [5.41, 5.74) is 3.31. The fraction of sp³-hybridized carbons (Fsp3) is 0.562. The van der Waals surface area contributed by atoms with E-state index in [-0.39, 0.29) is 5.97 Å². The van der Waals surface area contributed by atoms with Crippen LogP contribution >= 0.6 is 0 Å². The van der Waals surface area contributed by atoms with Gasteiger partial charge in [-0.25, -0.2) is 4.79 Å². The molecule has 0 heterocycles. The zero-order chi connectivity index (χ0) is 14.0. The molecule has 0 aromatic heterocycles. The number of rotatable bonds is 3. The Morgan fingerprint density at radius 3 is 2.47 bits per heavy atom. The van der Waals surface area contributed by atoms with Crippen molar-refractivity contribution in [3.63, 3.8) is 0 Å². The van der Waals surface area contributed by atoms with Crippen molar-refractivity contribution in [2.45, 2.75) is 45.1 Å². The van der Waals surface area contributed by atoms with Crippen molar-refractivity contribution in [2.24, 2.45) is 0 Å². The molecule has 1 aromatic carbocycles. The number of methoxy groups -OCH3 is 1. The summed E-state index contributed by atoms with van der Waals surface area (Å²) < 4.78 is 4.89. The van der Waals surface area contributed by atoms with Gasteiger partial charge in [0, 0.05) is 12.7 Å². The van der Waals surface area contributed by atoms with Gasteiger partial charge in [-0.05, 0) is 62.8 Å². The molecule has 19 heavy (non-hydrogen) atoms. The third-order valence-electron chi connectivity index (χ3n) is 4.24. The molecule has 0 unspecified atom stereocenters. The Morgan fingerprint density at radius 2 is 1.84 bits per heavy atom. The number of nitrogens with zero attached hydrogens (tertiary/aromatic N) is 1. The quantitative estimate of drug-likeness (QED) is 0.783. The average molecular weight is 261 g/mol. The van der Waals surface area contributed by atoms with Gasteiger partial charge in [0.05, 0.1) is 7.11 Å². The van der Waals surface area contributed by atoms with E-state index in [1.807, 2.05) is 25.8 Å². The van der Waals surface area contributed by atoms with Crippen LogP contribution in [0.15, 0.2) is 18.2 Å². The number of esters is 1. The molecule has 0 saturated carbocycles. The Bertz CT molecular complexity index is 480. The summed E-state index contributed by atoms with van der Waals surface area (Å²) >= 11 is 0. The van der Waals surface area contributed by atoms with Crippen LogP contribution in [0, 0.1) is 0 Å². The van der Waals surface area contributed by atoms with Crippen LogP contribution in [0.4, 0.5) is 5.69 Å². The van der Waals surface area contributed by atoms with Gasteiger partial charge in [0.2, 0.25) is 0 Å². The van der Waals surface area contributed by atoms with Crippen molar-refractivity contribution >= 4 is 11.7 Å². The number of likely N-dealkylation sites (N-methyl/N-ethyl adjacent to an activating group) is 1. The number of benzene rings is 1. The third kappa shape index (κ3) is 2.60. The first kappa shape index (κ1) is 13.9. The molecule has 0 fully saturated rings. The molecule has 0 atom stereocenters. The topological polar surface area (TPSA) is 29.5 Å². The molecule has 2 rings (SSSR count). The second-order valence-corrected chi connectivity index (χ2v) is 5.77. The second kappa shape index (κ2) is 5.24. The number of carbonyl (C=O) groups is 1. The van der Waals surface area contributed by atoms with Crippen LogP contribution in [0.25, 0.3) is 0 Å². The van der Waals surface area contributed by atoms with Crippen molar-refractivity contribution in [2.75, 3.05) is 19.1 Å². The highest BCUT2D eigenvalue weighted by Gasteiger charge is 2.33. The highest BCUT2D eigenvalue weighted by atomic mass is 16.5. The molecule has 1 aromatic rings. The minimum atomic E-state index is -0.655. The minimum absolute atomic E-state index is 0.215. The number of ether oxygens (including phenoxy) is 1. The molecular formula is C16H23NO2. The molecule has 3 nitrogen and oxygen atoms in total. The molecule has 0 spiro atoms. The Morgan fingerprint density at radius 1 is 1.21 bits per heavy atom. The van der Waals surface area contributed by atoms with Crippen LogP contribution in [0.3, 0.4) is 0 Å². The molecule has 3 heteroatoms. The van der Waals surface area contributed by atoms with Crippen molar-refractivity contribution in [3.8, 4) is 0 Å². The van der Waals surface area contributed by atoms with Crippen LogP contribution in [0.1, 0.15) is 37.8 Å². The maximum Gasteiger partial charge on any atom is 0.331 e. The largest absolute Gasteiger partial charge is 0.467 e. The summed E-state index contributed by atoms with van der Waals surface area (Å²) in [5.74, 6) is -0.215. The predicted molar refractivity (Wildman–Crippen MR) is 77.6 cm³/mol. The van der Waals surface area contributed by atoms with E-state index < -0.39 is 5.54 Å². The number of hydrogen-bond donors (Lipinski definition) is 0. The molecule has 0 N–H and O–H groups in total. The molecule has 0 aliphatic heterocycles. The van der Waals surface area contributed by atoms with E-state index in [4.69, 9.17) is 4.74 Å². The normalized spacial score (nSPS) is 14.7. The third-order valence-corrected chi connectivity index (χ3v) is 4.24. The minimum Gasteiger partial charge on any atom is -0.467 e. The van der Waals surface area contributed by atoms with Gasteiger partial charge in [-0.3, -0.25) is 0 Å². The first-order valence-corrected chi connectivity index (χ1v) is 6.91. The molecule has 104 valence electrons. The smallest absolute Gasteiger partial charge is 0.331 e. The van der Waals surface area contributed by atoms with Crippen LogP contribution in [0.5, 0.6) is 0 Å². The van der Waals surface area contributed by atoms with Crippen molar-refractivity contribution in [1.29, 1.82) is 0 Å². The Hall–Kier alpha value is -1.51. The molecule has 0 amide bonds. The SMILES string of the molecule is COC(=O)C(C)(C)N(C)c1ccc2c(c1)CCCC2. The maximum atomic E-state index is 11.9. The molecule has 0 bridgehead atoms. The number of fused-ring (bicyclic) bond motifs is 1. The summed E-state index contributed by atoms with van der Waals surface area (Å²) in [6, 6.07) is 6.53. The summed E-state index contributed by atoms with van der Waals surface area (Å²) in [6.45, 7) is 3.77. The number of anilines is 1. The van der Waals surface area contributed by atoms with E-state index >= 15 is 0 Å². The van der Waals surface area contributed by atoms with Crippen LogP contribution < -0.4 is 4.90 Å². The number of aryl methyl sites for hydroxylation is 2. The van der Waals surface area contributed by atoms with Crippen molar-refractivity contribution < 1.29 is 9.53 Å². The summed E-state index contributed by atoms with van der Waals surface area (Å²) in [6.07, 6.45) is 4.88. The van der Waals surface area contributed by atoms with Crippen LogP contribution in [-0.4, -0.2) is 25.7 Å². The fourth-order valence-corrected chi connectivity index (χ4v) is 2.64. The van der Waals surface area contributed by atoms with E-state index in [1.165, 1.54) is 37.5 Å². The van der Waals surface area contributed by atoms with Gasteiger partial charge in [0.15, 0.2) is 0 Å². The van der Waals surface area contributed by atoms with E-state index in [0.717, 1.165) is 12.1 Å². The van der Waals surface area contributed by atoms with E-state index in [0.29, 0.717) is 0 Å². The van der Waals surface area contributed by atoms with Gasteiger partial charge in [-0.1, -0.05) is 6.07 Å². The molecule has 1 aliphatic carbocycles. The van der Waals surface area contributed by atoms with E-state index in [1.54, 1.807) is 0 Å². The van der Waals surface area contributed by atoms with E-state index in [2.05, 4.69) is 18.2 Å². The average Bonchev–Trinajstić information content (AvgIpc) is 2.44. The lowest BCUT2D eigenvalue weighted by Gasteiger charge is -2.35. The van der Waals surface area contributed by atoms with Crippen LogP contribution in [-0.2, 0) is 22.4 Å². The summed E-state index contributed by atoms with van der Waals surface area (Å²) in [5, 5.41) is 0.